The molecule has 2 aliphatic rings. The summed E-state index contributed by atoms with van der Waals surface area (Å²) >= 11 is 0. The van der Waals surface area contributed by atoms with Gasteiger partial charge in [0.1, 0.15) is 6.10 Å². The number of nitrogens with zero attached hydrogens (tertiary/aromatic N) is 2. The molecule has 100 valence electrons. The lowest BCUT2D eigenvalue weighted by atomic mass is 10.0. The molecule has 1 aromatic rings. The number of rotatable bonds is 3. The van der Waals surface area contributed by atoms with Gasteiger partial charge in [0.05, 0.1) is 12.3 Å². The first-order valence-electron chi connectivity index (χ1n) is 6.82. The fourth-order valence-electron chi connectivity index (χ4n) is 2.80. The van der Waals surface area contributed by atoms with Crippen LogP contribution in [0.5, 0.6) is 0 Å². The predicted octanol–water partition coefficient (Wildman–Crippen LogP) is 0.882. The van der Waals surface area contributed by atoms with Crippen molar-refractivity contribution in [3.63, 3.8) is 0 Å². The van der Waals surface area contributed by atoms with Gasteiger partial charge in [0.25, 0.3) is 0 Å². The monoisotopic (exact) mass is 251 g/mol. The molecule has 5 heteroatoms. The van der Waals surface area contributed by atoms with Crippen LogP contribution in [0.2, 0.25) is 0 Å². The first-order chi connectivity index (χ1) is 8.86. The third-order valence-corrected chi connectivity index (χ3v) is 3.87. The second-order valence-electron chi connectivity index (χ2n) is 5.16. The number of hydrogen-bond donors (Lipinski definition) is 1. The van der Waals surface area contributed by atoms with E-state index < -0.39 is 0 Å². The molecule has 1 aromatic heterocycles. The Hall–Kier alpha value is -0.910. The number of nitrogens with two attached hydrogens (primary N) is 1. The highest BCUT2D eigenvalue weighted by Crippen LogP contribution is 2.25. The molecule has 0 aliphatic carbocycles. The molecule has 1 atom stereocenters. The van der Waals surface area contributed by atoms with Crippen LogP contribution in [-0.4, -0.2) is 36.1 Å². The van der Waals surface area contributed by atoms with Crippen LogP contribution >= 0.6 is 0 Å². The molecule has 5 nitrogen and oxygen atoms in total. The third kappa shape index (κ3) is 2.43. The smallest absolute Gasteiger partial charge is 0.114 e. The van der Waals surface area contributed by atoms with Gasteiger partial charge in [0.2, 0.25) is 0 Å². The van der Waals surface area contributed by atoms with Gasteiger partial charge in [-0.1, -0.05) is 0 Å². The largest absolute Gasteiger partial charge is 0.381 e. The van der Waals surface area contributed by atoms with Gasteiger partial charge < -0.3 is 15.2 Å². The number of fused-ring (bicyclic) bond motifs is 1. The molecule has 0 unspecified atom stereocenters. The van der Waals surface area contributed by atoms with Crippen molar-refractivity contribution >= 4 is 0 Å². The van der Waals surface area contributed by atoms with E-state index in [0.29, 0.717) is 12.5 Å². The maximum Gasteiger partial charge on any atom is 0.114 e. The average molecular weight is 251 g/mol. The highest BCUT2D eigenvalue weighted by Gasteiger charge is 2.24. The normalized spacial score (nSPS) is 25.1. The summed E-state index contributed by atoms with van der Waals surface area (Å²) < 4.78 is 13.1. The van der Waals surface area contributed by atoms with Gasteiger partial charge in [-0.2, -0.15) is 5.10 Å². The molecular weight excluding hydrogens is 230 g/mol. The van der Waals surface area contributed by atoms with Crippen LogP contribution in [-0.2, 0) is 22.4 Å². The van der Waals surface area contributed by atoms with Crippen molar-refractivity contribution in [3.05, 3.63) is 17.5 Å². The fourth-order valence-corrected chi connectivity index (χ4v) is 2.80. The van der Waals surface area contributed by atoms with Crippen LogP contribution in [0.3, 0.4) is 0 Å². The molecule has 1 saturated heterocycles. The molecule has 0 bridgehead atoms. The third-order valence-electron chi connectivity index (χ3n) is 3.87. The van der Waals surface area contributed by atoms with Crippen molar-refractivity contribution in [2.45, 2.75) is 31.9 Å². The van der Waals surface area contributed by atoms with Crippen molar-refractivity contribution in [3.8, 4) is 0 Å². The minimum atomic E-state index is -0.00955. The molecule has 0 amide bonds. The van der Waals surface area contributed by atoms with E-state index in [4.69, 9.17) is 15.2 Å². The van der Waals surface area contributed by atoms with Crippen LogP contribution in [0, 0.1) is 5.92 Å². The summed E-state index contributed by atoms with van der Waals surface area (Å²) in [5.41, 5.74) is 8.08. The van der Waals surface area contributed by atoms with Crippen LogP contribution in [0.1, 0.15) is 30.2 Å². The van der Waals surface area contributed by atoms with Crippen molar-refractivity contribution in [2.75, 3.05) is 26.4 Å². The lowest BCUT2D eigenvalue weighted by Gasteiger charge is -2.21. The summed E-state index contributed by atoms with van der Waals surface area (Å²) in [6.45, 7) is 4.05. The SMILES string of the molecule is NC[C@@H]1OCCc2cn(CC3CCOCC3)nc21. The zero-order chi connectivity index (χ0) is 12.4. The van der Waals surface area contributed by atoms with E-state index in [1.165, 1.54) is 5.56 Å². The minimum absolute atomic E-state index is 0.00955. The minimum Gasteiger partial charge on any atom is -0.381 e. The van der Waals surface area contributed by atoms with E-state index in [1.54, 1.807) is 0 Å². The number of hydrogen-bond acceptors (Lipinski definition) is 4. The van der Waals surface area contributed by atoms with Crippen LogP contribution in [0.15, 0.2) is 6.20 Å². The average Bonchev–Trinajstić information content (AvgIpc) is 2.82. The molecule has 0 saturated carbocycles. The van der Waals surface area contributed by atoms with Crippen LogP contribution in [0.4, 0.5) is 0 Å². The lowest BCUT2D eigenvalue weighted by molar-refractivity contribution is 0.0447. The Balaban J connectivity index is 1.71. The second kappa shape index (κ2) is 5.38. The standard InChI is InChI=1S/C13H21N3O2/c14-7-12-13-11(3-6-18-12)9-16(15-13)8-10-1-4-17-5-2-10/h9-10,12H,1-8,14H2/t12-/m0/s1. The van der Waals surface area contributed by atoms with Gasteiger partial charge in [-0.25, -0.2) is 0 Å². The van der Waals surface area contributed by atoms with Crippen molar-refractivity contribution in [1.82, 2.24) is 9.78 Å². The summed E-state index contributed by atoms with van der Waals surface area (Å²) in [6, 6.07) is 0. The van der Waals surface area contributed by atoms with Crippen LogP contribution in [0.25, 0.3) is 0 Å². The molecule has 0 aromatic carbocycles. The Morgan fingerprint density at radius 3 is 2.94 bits per heavy atom. The van der Waals surface area contributed by atoms with Gasteiger partial charge in [0.15, 0.2) is 0 Å². The quantitative estimate of drug-likeness (QED) is 0.866. The Kier molecular flexibility index (Phi) is 3.63. The van der Waals surface area contributed by atoms with E-state index in [1.807, 2.05) is 0 Å². The van der Waals surface area contributed by atoms with E-state index in [-0.39, 0.29) is 6.10 Å². The number of ether oxygens (including phenoxy) is 2. The van der Waals surface area contributed by atoms with E-state index >= 15 is 0 Å². The molecular formula is C13H21N3O2. The molecule has 2 aliphatic heterocycles. The van der Waals surface area contributed by atoms with Crippen LogP contribution < -0.4 is 5.73 Å². The summed E-state index contributed by atoms with van der Waals surface area (Å²) in [7, 11) is 0. The van der Waals surface area contributed by atoms with Gasteiger partial charge in [-0.15, -0.1) is 0 Å². The summed E-state index contributed by atoms with van der Waals surface area (Å²) in [5.74, 6) is 0.692. The zero-order valence-electron chi connectivity index (χ0n) is 10.7. The lowest BCUT2D eigenvalue weighted by Crippen LogP contribution is -2.23. The van der Waals surface area contributed by atoms with Crippen molar-refractivity contribution in [1.29, 1.82) is 0 Å². The number of aromatic nitrogens is 2. The topological polar surface area (TPSA) is 62.3 Å². The van der Waals surface area contributed by atoms with Gasteiger partial charge >= 0.3 is 0 Å². The fraction of sp³-hybridized carbons (Fsp3) is 0.769. The first-order valence-corrected chi connectivity index (χ1v) is 6.82. The second-order valence-corrected chi connectivity index (χ2v) is 5.16. The van der Waals surface area contributed by atoms with Crippen molar-refractivity contribution in [2.24, 2.45) is 11.7 Å². The van der Waals surface area contributed by atoms with Crippen molar-refractivity contribution < 1.29 is 9.47 Å². The Morgan fingerprint density at radius 2 is 2.17 bits per heavy atom. The Bertz CT molecular complexity index is 399. The molecule has 0 spiro atoms. The molecule has 1 fully saturated rings. The molecule has 0 radical (unpaired) electrons. The zero-order valence-corrected chi connectivity index (χ0v) is 10.7. The van der Waals surface area contributed by atoms with Gasteiger partial charge in [0, 0.05) is 32.5 Å². The molecule has 2 N–H and O–H groups in total. The van der Waals surface area contributed by atoms with Gasteiger partial charge in [-0.05, 0) is 30.7 Å². The Morgan fingerprint density at radius 1 is 1.33 bits per heavy atom. The summed E-state index contributed by atoms with van der Waals surface area (Å²) in [5, 5.41) is 4.67. The summed E-state index contributed by atoms with van der Waals surface area (Å²) in [4.78, 5) is 0. The Labute approximate surface area is 107 Å². The molecule has 18 heavy (non-hydrogen) atoms. The van der Waals surface area contributed by atoms with E-state index in [2.05, 4.69) is 16.0 Å². The molecule has 3 rings (SSSR count). The molecule has 3 heterocycles. The highest BCUT2D eigenvalue weighted by atomic mass is 16.5. The van der Waals surface area contributed by atoms with Gasteiger partial charge in [-0.3, -0.25) is 4.68 Å². The summed E-state index contributed by atoms with van der Waals surface area (Å²) in [6.07, 6.45) is 5.41. The maximum absolute atomic E-state index is 5.72. The first kappa shape index (κ1) is 12.1. The highest BCUT2D eigenvalue weighted by molar-refractivity contribution is 5.22. The van der Waals surface area contributed by atoms with E-state index in [0.717, 1.165) is 51.3 Å². The van der Waals surface area contributed by atoms with E-state index in [9.17, 15) is 0 Å². The maximum atomic E-state index is 5.72. The predicted molar refractivity (Wildman–Crippen MR) is 67.2 cm³/mol.